The van der Waals surface area contributed by atoms with E-state index in [1.165, 1.54) is 32.1 Å². The summed E-state index contributed by atoms with van der Waals surface area (Å²) >= 11 is 3.47. The Morgan fingerprint density at radius 3 is 2.88 bits per heavy atom. The van der Waals surface area contributed by atoms with Gasteiger partial charge in [-0.15, -0.1) is 0 Å². The molecule has 3 rings (SSSR count). The summed E-state index contributed by atoms with van der Waals surface area (Å²) in [5.41, 5.74) is 0.893. The van der Waals surface area contributed by atoms with Crippen molar-refractivity contribution in [1.29, 1.82) is 0 Å². The molecular formula is C12H15BrN4. The number of fused-ring (bicyclic) bond motifs is 1. The van der Waals surface area contributed by atoms with Crippen LogP contribution in [0.4, 0.5) is 5.82 Å². The van der Waals surface area contributed by atoms with E-state index in [2.05, 4.69) is 31.2 Å². The standard InChI is InChI=1S/C12H15BrN4/c13-10-8-15-12-11(14-6-7-17(10)12)16-9-4-2-1-3-5-9/h6-9H,1-5H2,(H,14,16). The number of anilines is 1. The lowest BCUT2D eigenvalue weighted by molar-refractivity contribution is 0.462. The van der Waals surface area contributed by atoms with E-state index in [1.54, 1.807) is 0 Å². The lowest BCUT2D eigenvalue weighted by Gasteiger charge is -2.23. The van der Waals surface area contributed by atoms with Crippen molar-refractivity contribution in [2.75, 3.05) is 5.32 Å². The van der Waals surface area contributed by atoms with Crippen LogP contribution in [0.1, 0.15) is 32.1 Å². The van der Waals surface area contributed by atoms with Crippen LogP contribution >= 0.6 is 15.9 Å². The Kier molecular flexibility index (Phi) is 3.01. The van der Waals surface area contributed by atoms with Gasteiger partial charge in [-0.3, -0.25) is 4.40 Å². The first-order chi connectivity index (χ1) is 8.34. The molecule has 0 amide bonds. The summed E-state index contributed by atoms with van der Waals surface area (Å²) in [7, 11) is 0. The summed E-state index contributed by atoms with van der Waals surface area (Å²) in [4.78, 5) is 8.77. The summed E-state index contributed by atoms with van der Waals surface area (Å²) in [6.45, 7) is 0. The molecule has 2 aromatic rings. The van der Waals surface area contributed by atoms with E-state index >= 15 is 0 Å². The van der Waals surface area contributed by atoms with Crippen molar-refractivity contribution in [2.45, 2.75) is 38.1 Å². The van der Waals surface area contributed by atoms with Gasteiger partial charge in [0.1, 0.15) is 4.60 Å². The molecule has 2 heterocycles. The summed E-state index contributed by atoms with van der Waals surface area (Å²) < 4.78 is 2.96. The summed E-state index contributed by atoms with van der Waals surface area (Å²) in [5.74, 6) is 0.894. The van der Waals surface area contributed by atoms with E-state index < -0.39 is 0 Å². The predicted molar refractivity (Wildman–Crippen MR) is 71.2 cm³/mol. The van der Waals surface area contributed by atoms with Crippen molar-refractivity contribution in [3.8, 4) is 0 Å². The van der Waals surface area contributed by atoms with Crippen LogP contribution in [0, 0.1) is 0 Å². The van der Waals surface area contributed by atoms with Crippen molar-refractivity contribution < 1.29 is 0 Å². The minimum absolute atomic E-state index is 0.554. The average Bonchev–Trinajstić information content (AvgIpc) is 2.74. The molecule has 17 heavy (non-hydrogen) atoms. The molecule has 1 aliphatic rings. The topological polar surface area (TPSA) is 42.2 Å². The molecule has 0 atom stereocenters. The molecule has 0 bridgehead atoms. The minimum Gasteiger partial charge on any atom is -0.364 e. The molecular weight excluding hydrogens is 280 g/mol. The molecule has 0 unspecified atom stereocenters. The van der Waals surface area contributed by atoms with Gasteiger partial charge in [0.05, 0.1) is 6.20 Å². The van der Waals surface area contributed by atoms with Crippen molar-refractivity contribution in [1.82, 2.24) is 14.4 Å². The van der Waals surface area contributed by atoms with Crippen molar-refractivity contribution in [2.24, 2.45) is 0 Å². The zero-order valence-corrected chi connectivity index (χ0v) is 11.2. The number of rotatable bonds is 2. The third-order valence-electron chi connectivity index (χ3n) is 3.33. The Bertz CT molecular complexity index is 516. The highest BCUT2D eigenvalue weighted by Gasteiger charge is 2.15. The quantitative estimate of drug-likeness (QED) is 0.925. The van der Waals surface area contributed by atoms with Gasteiger partial charge in [0, 0.05) is 18.4 Å². The first-order valence-electron chi connectivity index (χ1n) is 6.09. The van der Waals surface area contributed by atoms with Crippen molar-refractivity contribution in [3.05, 3.63) is 23.2 Å². The lowest BCUT2D eigenvalue weighted by Crippen LogP contribution is -2.23. The van der Waals surface area contributed by atoms with Crippen LogP contribution in [-0.4, -0.2) is 20.4 Å². The van der Waals surface area contributed by atoms with Gasteiger partial charge in [-0.2, -0.15) is 0 Å². The van der Waals surface area contributed by atoms with E-state index in [9.17, 15) is 0 Å². The Balaban J connectivity index is 1.89. The third-order valence-corrected chi connectivity index (χ3v) is 3.92. The summed E-state index contributed by atoms with van der Waals surface area (Å²) in [6, 6.07) is 0.554. The Morgan fingerprint density at radius 1 is 1.24 bits per heavy atom. The number of nitrogens with one attached hydrogen (secondary N) is 1. The fraction of sp³-hybridized carbons (Fsp3) is 0.500. The summed E-state index contributed by atoms with van der Waals surface area (Å²) in [6.07, 6.45) is 12.0. The van der Waals surface area contributed by atoms with E-state index in [4.69, 9.17) is 0 Å². The highest BCUT2D eigenvalue weighted by Crippen LogP contribution is 2.23. The van der Waals surface area contributed by atoms with Gasteiger partial charge in [0.15, 0.2) is 11.5 Å². The normalized spacial score (nSPS) is 17.5. The number of imidazole rings is 1. The summed E-state index contributed by atoms with van der Waals surface area (Å²) in [5, 5.41) is 3.52. The van der Waals surface area contributed by atoms with Crippen LogP contribution in [0.15, 0.2) is 23.2 Å². The zero-order chi connectivity index (χ0) is 11.7. The fourth-order valence-corrected chi connectivity index (χ4v) is 2.82. The van der Waals surface area contributed by atoms with Gasteiger partial charge in [-0.1, -0.05) is 19.3 Å². The molecule has 0 spiro atoms. The largest absolute Gasteiger partial charge is 0.364 e. The van der Waals surface area contributed by atoms with E-state index in [1.807, 2.05) is 23.0 Å². The van der Waals surface area contributed by atoms with E-state index in [-0.39, 0.29) is 0 Å². The smallest absolute Gasteiger partial charge is 0.180 e. The second kappa shape index (κ2) is 4.64. The third kappa shape index (κ3) is 2.16. The lowest BCUT2D eigenvalue weighted by atomic mass is 9.95. The molecule has 1 N–H and O–H groups in total. The highest BCUT2D eigenvalue weighted by molar-refractivity contribution is 9.10. The maximum atomic E-state index is 4.40. The molecule has 1 fully saturated rings. The van der Waals surface area contributed by atoms with Crippen molar-refractivity contribution >= 4 is 27.4 Å². The fourth-order valence-electron chi connectivity index (χ4n) is 2.43. The van der Waals surface area contributed by atoms with Crippen molar-refractivity contribution in [3.63, 3.8) is 0 Å². The first-order valence-corrected chi connectivity index (χ1v) is 6.88. The van der Waals surface area contributed by atoms with Crippen LogP contribution in [0.3, 0.4) is 0 Å². The Morgan fingerprint density at radius 2 is 2.06 bits per heavy atom. The number of aromatic nitrogens is 3. The van der Waals surface area contributed by atoms with Gasteiger partial charge >= 0.3 is 0 Å². The van der Waals surface area contributed by atoms with Gasteiger partial charge in [0.2, 0.25) is 0 Å². The molecule has 1 saturated carbocycles. The zero-order valence-electron chi connectivity index (χ0n) is 9.56. The van der Waals surface area contributed by atoms with Crippen LogP contribution in [0.2, 0.25) is 0 Å². The molecule has 0 saturated heterocycles. The Labute approximate surface area is 109 Å². The second-order valence-corrected chi connectivity index (χ2v) is 5.34. The predicted octanol–water partition coefficient (Wildman–Crippen LogP) is 3.24. The number of nitrogens with zero attached hydrogens (tertiary/aromatic N) is 3. The maximum Gasteiger partial charge on any atom is 0.180 e. The molecule has 4 nitrogen and oxygen atoms in total. The van der Waals surface area contributed by atoms with Gasteiger partial charge in [-0.05, 0) is 28.8 Å². The van der Waals surface area contributed by atoms with Crippen LogP contribution in [-0.2, 0) is 0 Å². The van der Waals surface area contributed by atoms with E-state index in [0.29, 0.717) is 6.04 Å². The molecule has 1 aliphatic carbocycles. The van der Waals surface area contributed by atoms with E-state index in [0.717, 1.165) is 16.1 Å². The highest BCUT2D eigenvalue weighted by atomic mass is 79.9. The second-order valence-electron chi connectivity index (χ2n) is 4.53. The number of hydrogen-bond acceptors (Lipinski definition) is 3. The van der Waals surface area contributed by atoms with Gasteiger partial charge in [-0.25, -0.2) is 9.97 Å². The average molecular weight is 295 g/mol. The van der Waals surface area contributed by atoms with Crippen LogP contribution in [0.5, 0.6) is 0 Å². The monoisotopic (exact) mass is 294 g/mol. The first kappa shape index (κ1) is 11.0. The van der Waals surface area contributed by atoms with Crippen LogP contribution < -0.4 is 5.32 Å². The molecule has 0 aliphatic heterocycles. The number of hydrogen-bond donors (Lipinski definition) is 1. The van der Waals surface area contributed by atoms with Crippen LogP contribution in [0.25, 0.3) is 5.65 Å². The molecule has 90 valence electrons. The van der Waals surface area contributed by atoms with Gasteiger partial charge < -0.3 is 5.32 Å². The maximum absolute atomic E-state index is 4.40. The Hall–Kier alpha value is -1.10. The molecule has 0 radical (unpaired) electrons. The SMILES string of the molecule is Brc1cnc2c(NC3CCCCC3)nccn12. The minimum atomic E-state index is 0.554. The van der Waals surface area contributed by atoms with Gasteiger partial charge in [0.25, 0.3) is 0 Å². The molecule has 2 aromatic heterocycles. The molecule has 0 aromatic carbocycles. The molecule has 5 heteroatoms. The number of halogens is 1.